The van der Waals surface area contributed by atoms with E-state index in [1.165, 1.54) is 5.56 Å². The van der Waals surface area contributed by atoms with Gasteiger partial charge < -0.3 is 5.11 Å². The minimum atomic E-state index is -0.790. The van der Waals surface area contributed by atoms with E-state index in [1.54, 1.807) is 0 Å². The smallest absolute Gasteiger partial charge is 0.303 e. The molecule has 0 atom stereocenters. The van der Waals surface area contributed by atoms with Crippen LogP contribution >= 0.6 is 0 Å². The van der Waals surface area contributed by atoms with Crippen molar-refractivity contribution in [1.29, 1.82) is 0 Å². The van der Waals surface area contributed by atoms with Gasteiger partial charge in [0, 0.05) is 24.2 Å². The molecule has 0 aliphatic carbocycles. The molecule has 21 heavy (non-hydrogen) atoms. The van der Waals surface area contributed by atoms with E-state index < -0.39 is 5.97 Å². The van der Waals surface area contributed by atoms with E-state index in [2.05, 4.69) is 22.1 Å². The number of benzene rings is 1. The van der Waals surface area contributed by atoms with Gasteiger partial charge in [-0.15, -0.1) is 0 Å². The Morgan fingerprint density at radius 2 is 1.62 bits per heavy atom. The summed E-state index contributed by atoms with van der Waals surface area (Å²) >= 11 is 0. The summed E-state index contributed by atoms with van der Waals surface area (Å²) in [5, 5.41) is 8.78. The zero-order valence-electron chi connectivity index (χ0n) is 12.5. The lowest BCUT2D eigenvalue weighted by molar-refractivity contribution is -0.136. The molecular formula is C17H20N2O2. The van der Waals surface area contributed by atoms with E-state index in [0.717, 1.165) is 35.6 Å². The summed E-state index contributed by atoms with van der Waals surface area (Å²) in [7, 11) is 0. The average Bonchev–Trinajstić information content (AvgIpc) is 2.45. The number of hydrogen-bond acceptors (Lipinski definition) is 3. The lowest BCUT2D eigenvalue weighted by Gasteiger charge is -2.10. The Morgan fingerprint density at radius 1 is 1.00 bits per heavy atom. The van der Waals surface area contributed by atoms with E-state index >= 15 is 0 Å². The van der Waals surface area contributed by atoms with Crippen LogP contribution in [0.5, 0.6) is 0 Å². The van der Waals surface area contributed by atoms with Gasteiger partial charge in [0.1, 0.15) is 5.82 Å². The molecule has 2 aromatic rings. The van der Waals surface area contributed by atoms with Crippen molar-refractivity contribution in [3.8, 4) is 0 Å². The van der Waals surface area contributed by atoms with Gasteiger partial charge in [-0.1, -0.05) is 30.3 Å². The molecule has 0 saturated heterocycles. The lowest BCUT2D eigenvalue weighted by atomic mass is 10.1. The van der Waals surface area contributed by atoms with Gasteiger partial charge in [-0.2, -0.15) is 0 Å². The molecule has 2 rings (SSSR count). The zero-order valence-corrected chi connectivity index (χ0v) is 12.5. The van der Waals surface area contributed by atoms with Crippen LogP contribution in [-0.2, 0) is 24.1 Å². The second-order valence-corrected chi connectivity index (χ2v) is 5.17. The minimum absolute atomic E-state index is 0.119. The van der Waals surface area contributed by atoms with Crippen LogP contribution in [0, 0.1) is 13.8 Å². The second kappa shape index (κ2) is 6.97. The molecule has 0 fully saturated rings. The first-order valence-corrected chi connectivity index (χ1v) is 7.15. The maximum Gasteiger partial charge on any atom is 0.303 e. The SMILES string of the molecule is Cc1nc(CCc2ccccc2)nc(C)c1CCC(=O)O. The number of carboxylic acids is 1. The molecule has 4 nitrogen and oxygen atoms in total. The van der Waals surface area contributed by atoms with Crippen molar-refractivity contribution in [2.24, 2.45) is 0 Å². The summed E-state index contributed by atoms with van der Waals surface area (Å²) in [4.78, 5) is 19.7. The van der Waals surface area contributed by atoms with E-state index in [0.29, 0.717) is 6.42 Å². The largest absolute Gasteiger partial charge is 0.481 e. The fraction of sp³-hybridized carbons (Fsp3) is 0.353. The highest BCUT2D eigenvalue weighted by molar-refractivity contribution is 5.67. The van der Waals surface area contributed by atoms with Crippen molar-refractivity contribution in [2.45, 2.75) is 39.5 Å². The zero-order chi connectivity index (χ0) is 15.2. The first kappa shape index (κ1) is 15.2. The van der Waals surface area contributed by atoms with E-state index in [-0.39, 0.29) is 6.42 Å². The fourth-order valence-electron chi connectivity index (χ4n) is 2.42. The molecule has 0 aliphatic heterocycles. The quantitative estimate of drug-likeness (QED) is 0.886. The Labute approximate surface area is 124 Å². The summed E-state index contributed by atoms with van der Waals surface area (Å²) in [6.07, 6.45) is 2.32. The third kappa shape index (κ3) is 4.38. The van der Waals surface area contributed by atoms with Crippen LogP contribution < -0.4 is 0 Å². The van der Waals surface area contributed by atoms with Crippen molar-refractivity contribution >= 4 is 5.97 Å². The van der Waals surface area contributed by atoms with Gasteiger partial charge in [0.15, 0.2) is 0 Å². The topological polar surface area (TPSA) is 63.1 Å². The van der Waals surface area contributed by atoms with Gasteiger partial charge in [-0.3, -0.25) is 4.79 Å². The highest BCUT2D eigenvalue weighted by Crippen LogP contribution is 2.14. The molecule has 0 aliphatic rings. The standard InChI is InChI=1S/C17H20N2O2/c1-12-15(9-11-17(20)21)13(2)19-16(18-12)10-8-14-6-4-3-5-7-14/h3-7H,8-11H2,1-2H3,(H,20,21). The summed E-state index contributed by atoms with van der Waals surface area (Å²) in [5.74, 6) is 0.0369. The van der Waals surface area contributed by atoms with Crippen LogP contribution in [0.3, 0.4) is 0 Å². The Morgan fingerprint density at radius 3 is 2.19 bits per heavy atom. The molecule has 4 heteroatoms. The predicted molar refractivity (Wildman–Crippen MR) is 81.3 cm³/mol. The highest BCUT2D eigenvalue weighted by atomic mass is 16.4. The van der Waals surface area contributed by atoms with Gasteiger partial charge in [-0.25, -0.2) is 9.97 Å². The Hall–Kier alpha value is -2.23. The molecule has 1 aromatic heterocycles. The normalized spacial score (nSPS) is 10.6. The summed E-state index contributed by atoms with van der Waals surface area (Å²) < 4.78 is 0. The van der Waals surface area contributed by atoms with Gasteiger partial charge in [-0.05, 0) is 37.8 Å². The second-order valence-electron chi connectivity index (χ2n) is 5.17. The first-order valence-electron chi connectivity index (χ1n) is 7.15. The first-order chi connectivity index (χ1) is 10.1. The third-order valence-electron chi connectivity index (χ3n) is 3.54. The average molecular weight is 284 g/mol. The lowest BCUT2D eigenvalue weighted by Crippen LogP contribution is -2.08. The fourth-order valence-corrected chi connectivity index (χ4v) is 2.42. The summed E-state index contributed by atoms with van der Waals surface area (Å²) in [5.41, 5.74) is 4.02. The van der Waals surface area contributed by atoms with Crippen LogP contribution in [0.15, 0.2) is 30.3 Å². The van der Waals surface area contributed by atoms with E-state index in [9.17, 15) is 4.79 Å². The molecule has 0 bridgehead atoms. The number of aliphatic carboxylic acids is 1. The molecule has 0 radical (unpaired) electrons. The molecule has 0 spiro atoms. The van der Waals surface area contributed by atoms with Crippen LogP contribution in [0.4, 0.5) is 0 Å². The van der Waals surface area contributed by atoms with Crippen LogP contribution in [0.2, 0.25) is 0 Å². The van der Waals surface area contributed by atoms with Gasteiger partial charge in [0.05, 0.1) is 0 Å². The van der Waals surface area contributed by atoms with Gasteiger partial charge >= 0.3 is 5.97 Å². The maximum absolute atomic E-state index is 10.7. The number of carbonyl (C=O) groups is 1. The van der Waals surface area contributed by atoms with Crippen molar-refractivity contribution in [1.82, 2.24) is 9.97 Å². The number of hydrogen-bond donors (Lipinski definition) is 1. The number of nitrogens with zero attached hydrogens (tertiary/aromatic N) is 2. The summed E-state index contributed by atoms with van der Waals surface area (Å²) in [6, 6.07) is 10.3. The molecule has 0 amide bonds. The number of carboxylic acid groups (broad SMARTS) is 1. The van der Waals surface area contributed by atoms with Crippen molar-refractivity contribution in [3.05, 3.63) is 58.7 Å². The summed E-state index contributed by atoms with van der Waals surface area (Å²) in [6.45, 7) is 3.86. The minimum Gasteiger partial charge on any atom is -0.481 e. The van der Waals surface area contributed by atoms with Crippen LogP contribution in [0.25, 0.3) is 0 Å². The number of aromatic nitrogens is 2. The van der Waals surface area contributed by atoms with Crippen LogP contribution in [-0.4, -0.2) is 21.0 Å². The third-order valence-corrected chi connectivity index (χ3v) is 3.54. The molecular weight excluding hydrogens is 264 g/mol. The molecule has 0 saturated carbocycles. The maximum atomic E-state index is 10.7. The Bertz CT molecular complexity index is 601. The molecule has 1 aromatic carbocycles. The number of aryl methyl sites for hydroxylation is 4. The molecule has 110 valence electrons. The Balaban J connectivity index is 2.07. The predicted octanol–water partition coefficient (Wildman–Crippen LogP) is 2.90. The van der Waals surface area contributed by atoms with E-state index in [1.807, 2.05) is 32.0 Å². The van der Waals surface area contributed by atoms with Crippen LogP contribution in [0.1, 0.15) is 34.8 Å². The molecule has 1 N–H and O–H groups in total. The van der Waals surface area contributed by atoms with E-state index in [4.69, 9.17) is 5.11 Å². The molecule has 1 heterocycles. The Kier molecular flexibility index (Phi) is 5.04. The van der Waals surface area contributed by atoms with Gasteiger partial charge in [0.2, 0.25) is 0 Å². The highest BCUT2D eigenvalue weighted by Gasteiger charge is 2.10. The van der Waals surface area contributed by atoms with Crippen molar-refractivity contribution < 1.29 is 9.90 Å². The number of rotatable bonds is 6. The molecule has 0 unspecified atom stereocenters. The monoisotopic (exact) mass is 284 g/mol. The van der Waals surface area contributed by atoms with Crippen molar-refractivity contribution in [3.63, 3.8) is 0 Å². The van der Waals surface area contributed by atoms with Crippen molar-refractivity contribution in [2.75, 3.05) is 0 Å². The van der Waals surface area contributed by atoms with Gasteiger partial charge in [0.25, 0.3) is 0 Å².